The van der Waals surface area contributed by atoms with Gasteiger partial charge in [-0.15, -0.1) is 5.10 Å². The second-order valence-corrected chi connectivity index (χ2v) is 5.89. The highest BCUT2D eigenvalue weighted by atomic mass is 35.5. The van der Waals surface area contributed by atoms with E-state index in [0.717, 1.165) is 0 Å². The van der Waals surface area contributed by atoms with E-state index in [4.69, 9.17) is 11.6 Å². The summed E-state index contributed by atoms with van der Waals surface area (Å²) >= 11 is 5.83. The minimum Gasteiger partial charge on any atom is -0.358 e. The van der Waals surface area contributed by atoms with Gasteiger partial charge in [0.05, 0.1) is 5.69 Å². The normalized spacial score (nSPS) is 10.5. The van der Waals surface area contributed by atoms with Crippen LogP contribution in [-0.2, 0) is 6.54 Å². The first-order valence-corrected chi connectivity index (χ1v) is 8.42. The molecule has 2 heterocycles. The molecule has 0 atom stereocenters. The Labute approximate surface area is 162 Å². The summed E-state index contributed by atoms with van der Waals surface area (Å²) < 4.78 is 1.46. The number of rotatable bonds is 6. The van der Waals surface area contributed by atoms with Crippen LogP contribution in [0.4, 0.5) is 17.2 Å². The van der Waals surface area contributed by atoms with Gasteiger partial charge in [0.2, 0.25) is 0 Å². The number of nitrogens with zero attached hydrogens (tertiary/aromatic N) is 4. The van der Waals surface area contributed by atoms with E-state index in [1.54, 1.807) is 30.3 Å². The van der Waals surface area contributed by atoms with Gasteiger partial charge in [0.1, 0.15) is 0 Å². The molecule has 28 heavy (non-hydrogen) atoms. The third-order valence-corrected chi connectivity index (χ3v) is 4.03. The predicted octanol–water partition coefficient (Wildman–Crippen LogP) is 2.69. The highest BCUT2D eigenvalue weighted by Crippen LogP contribution is 2.26. The summed E-state index contributed by atoms with van der Waals surface area (Å²) in [7, 11) is 0. The maximum Gasteiger partial charge on any atom is 0.362 e. The molecule has 2 amide bonds. The maximum absolute atomic E-state index is 12.6. The van der Waals surface area contributed by atoms with Crippen molar-refractivity contribution in [2.75, 3.05) is 10.6 Å². The van der Waals surface area contributed by atoms with Gasteiger partial charge in [-0.2, -0.15) is 5.10 Å². The molecule has 0 unspecified atom stereocenters. The highest BCUT2D eigenvalue weighted by molar-refractivity contribution is 6.36. The van der Waals surface area contributed by atoms with Gasteiger partial charge in [-0.1, -0.05) is 34.9 Å². The van der Waals surface area contributed by atoms with E-state index in [0.29, 0.717) is 12.2 Å². The first-order valence-electron chi connectivity index (χ1n) is 8.04. The van der Waals surface area contributed by atoms with Gasteiger partial charge in [-0.05, 0) is 24.0 Å². The van der Waals surface area contributed by atoms with Crippen molar-refractivity contribution in [3.05, 3.63) is 63.1 Å². The minimum atomic E-state index is -0.821. The van der Waals surface area contributed by atoms with Crippen LogP contribution in [0, 0.1) is 10.1 Å². The zero-order valence-corrected chi connectivity index (χ0v) is 15.2. The van der Waals surface area contributed by atoms with E-state index in [2.05, 4.69) is 25.9 Å². The minimum absolute atomic E-state index is 0.0276. The average molecular weight is 404 g/mol. The number of aryl methyl sites for hydroxylation is 1. The highest BCUT2D eigenvalue weighted by Gasteiger charge is 2.27. The largest absolute Gasteiger partial charge is 0.362 e. The van der Waals surface area contributed by atoms with E-state index in [1.807, 2.05) is 6.92 Å². The van der Waals surface area contributed by atoms with Gasteiger partial charge < -0.3 is 20.7 Å². The first-order chi connectivity index (χ1) is 13.4. The molecule has 0 fully saturated rings. The average Bonchev–Trinajstić information content (AvgIpc) is 3.26. The molecule has 3 rings (SSSR count). The summed E-state index contributed by atoms with van der Waals surface area (Å²) in [6.45, 7) is 2.27. The van der Waals surface area contributed by atoms with Crippen LogP contribution in [0.1, 0.15) is 27.9 Å². The van der Waals surface area contributed by atoms with Crippen molar-refractivity contribution in [2.45, 2.75) is 13.5 Å². The number of halogens is 1. The standard InChI is InChI=1S/C16H14ClN7O4/c1-2-23-8-10(12(22-23)15(25)18-9-6-4-3-5-7-9)19-16(26)13-11(17)14(21-20-13)24(27)28/h3-8H,2H2,1H3,(H,18,25)(H,19,26)(H,20,21). The third kappa shape index (κ3) is 3.83. The lowest BCUT2D eigenvalue weighted by molar-refractivity contribution is -0.389. The molecule has 12 heteroatoms. The molecule has 0 radical (unpaired) electrons. The number of H-pyrrole nitrogens is 1. The van der Waals surface area contributed by atoms with Gasteiger partial charge in [0, 0.05) is 18.4 Å². The lowest BCUT2D eigenvalue weighted by Crippen LogP contribution is -2.18. The molecule has 0 bridgehead atoms. The number of hydrogen-bond donors (Lipinski definition) is 3. The van der Waals surface area contributed by atoms with Gasteiger partial charge in [-0.25, -0.2) is 0 Å². The zero-order valence-electron chi connectivity index (χ0n) is 14.5. The number of anilines is 2. The molecule has 144 valence electrons. The third-order valence-electron chi connectivity index (χ3n) is 3.67. The summed E-state index contributed by atoms with van der Waals surface area (Å²) in [6.07, 6.45) is 1.47. The number of amides is 2. The number of para-hydroxylation sites is 1. The summed E-state index contributed by atoms with van der Waals surface area (Å²) in [5.41, 5.74) is 0.274. The van der Waals surface area contributed by atoms with Crippen LogP contribution in [0.3, 0.4) is 0 Å². The summed E-state index contributed by atoms with van der Waals surface area (Å²) in [5.74, 6) is -1.95. The summed E-state index contributed by atoms with van der Waals surface area (Å²) in [4.78, 5) is 35.0. The topological polar surface area (TPSA) is 148 Å². The van der Waals surface area contributed by atoms with E-state index < -0.39 is 27.6 Å². The number of nitrogens with one attached hydrogen (secondary N) is 3. The number of aromatic amines is 1. The SMILES string of the molecule is CCn1cc(NC(=O)c2n[nH]c([N+](=O)[O-])c2Cl)c(C(=O)Nc2ccccc2)n1. The molecule has 0 spiro atoms. The van der Waals surface area contributed by atoms with Crippen LogP contribution >= 0.6 is 11.6 Å². The van der Waals surface area contributed by atoms with Crippen molar-refractivity contribution in [1.29, 1.82) is 0 Å². The number of benzene rings is 1. The smallest absolute Gasteiger partial charge is 0.358 e. The van der Waals surface area contributed by atoms with E-state index >= 15 is 0 Å². The van der Waals surface area contributed by atoms with Crippen LogP contribution in [0.2, 0.25) is 5.02 Å². The van der Waals surface area contributed by atoms with Crippen molar-refractivity contribution < 1.29 is 14.5 Å². The zero-order chi connectivity index (χ0) is 20.3. The fourth-order valence-electron chi connectivity index (χ4n) is 2.33. The lowest BCUT2D eigenvalue weighted by Gasteiger charge is -2.05. The van der Waals surface area contributed by atoms with Crippen LogP contribution < -0.4 is 10.6 Å². The summed E-state index contributed by atoms with van der Waals surface area (Å²) in [5, 5.41) is 25.3. The number of carbonyl (C=O) groups is 2. The Balaban J connectivity index is 1.86. The van der Waals surface area contributed by atoms with Crippen molar-refractivity contribution in [3.63, 3.8) is 0 Å². The Bertz CT molecular complexity index is 1040. The molecule has 3 N–H and O–H groups in total. The monoisotopic (exact) mass is 403 g/mol. The van der Waals surface area contributed by atoms with Gasteiger partial charge >= 0.3 is 5.82 Å². The number of aromatic nitrogens is 4. The van der Waals surface area contributed by atoms with Gasteiger partial charge in [-0.3, -0.25) is 14.3 Å². The molecular formula is C16H14ClN7O4. The van der Waals surface area contributed by atoms with Crippen LogP contribution in [0.5, 0.6) is 0 Å². The fourth-order valence-corrected chi connectivity index (χ4v) is 2.57. The molecule has 0 saturated heterocycles. The first kappa shape index (κ1) is 19.0. The Kier molecular flexibility index (Phi) is 5.36. The van der Waals surface area contributed by atoms with E-state index in [-0.39, 0.29) is 17.1 Å². The van der Waals surface area contributed by atoms with Crippen molar-refractivity contribution in [1.82, 2.24) is 20.0 Å². The summed E-state index contributed by atoms with van der Waals surface area (Å²) in [6, 6.07) is 8.73. The molecule has 11 nitrogen and oxygen atoms in total. The van der Waals surface area contributed by atoms with E-state index in [1.165, 1.54) is 10.9 Å². The Morgan fingerprint density at radius 2 is 1.89 bits per heavy atom. The fraction of sp³-hybridized carbons (Fsp3) is 0.125. The molecule has 1 aromatic carbocycles. The molecule has 0 aliphatic rings. The van der Waals surface area contributed by atoms with Crippen molar-refractivity contribution in [2.24, 2.45) is 0 Å². The Morgan fingerprint density at radius 1 is 1.21 bits per heavy atom. The molecule has 3 aromatic rings. The van der Waals surface area contributed by atoms with Crippen molar-refractivity contribution in [3.8, 4) is 0 Å². The molecule has 2 aromatic heterocycles. The van der Waals surface area contributed by atoms with Gasteiger partial charge in [0.15, 0.2) is 16.4 Å². The van der Waals surface area contributed by atoms with Crippen LogP contribution in [-0.4, -0.2) is 36.7 Å². The number of hydrogen-bond acceptors (Lipinski definition) is 6. The molecule has 0 aliphatic heterocycles. The Morgan fingerprint density at radius 3 is 2.50 bits per heavy atom. The maximum atomic E-state index is 12.6. The second kappa shape index (κ2) is 7.88. The second-order valence-electron chi connectivity index (χ2n) is 5.51. The predicted molar refractivity (Wildman–Crippen MR) is 101 cm³/mol. The quantitative estimate of drug-likeness (QED) is 0.425. The number of carbonyl (C=O) groups excluding carboxylic acids is 2. The molecule has 0 aliphatic carbocycles. The van der Waals surface area contributed by atoms with Crippen LogP contribution in [0.15, 0.2) is 36.5 Å². The van der Waals surface area contributed by atoms with E-state index in [9.17, 15) is 19.7 Å². The molecular weight excluding hydrogens is 390 g/mol. The molecule has 0 saturated carbocycles. The van der Waals surface area contributed by atoms with Crippen molar-refractivity contribution >= 4 is 40.6 Å². The van der Waals surface area contributed by atoms with Gasteiger partial charge in [0.25, 0.3) is 11.8 Å². The number of nitro groups is 1. The Hall–Kier alpha value is -3.73. The lowest BCUT2D eigenvalue weighted by atomic mass is 10.3. The van der Waals surface area contributed by atoms with Crippen LogP contribution in [0.25, 0.3) is 0 Å².